The van der Waals surface area contributed by atoms with E-state index in [9.17, 15) is 4.79 Å². The van der Waals surface area contributed by atoms with Crippen LogP contribution in [0.5, 0.6) is 0 Å². The summed E-state index contributed by atoms with van der Waals surface area (Å²) >= 11 is 1.50. The van der Waals surface area contributed by atoms with Gasteiger partial charge in [0.05, 0.1) is 0 Å². The van der Waals surface area contributed by atoms with Crippen molar-refractivity contribution < 1.29 is 4.79 Å². The van der Waals surface area contributed by atoms with Crippen LogP contribution in [0.15, 0.2) is 77.7 Å². The molecule has 132 valence electrons. The van der Waals surface area contributed by atoms with Crippen LogP contribution in [0.25, 0.3) is 0 Å². The molecule has 1 unspecified atom stereocenters. The lowest BCUT2D eigenvalue weighted by atomic mass is 10.1. The van der Waals surface area contributed by atoms with Gasteiger partial charge in [0.1, 0.15) is 5.25 Å². The van der Waals surface area contributed by atoms with Crippen molar-refractivity contribution in [2.24, 2.45) is 0 Å². The van der Waals surface area contributed by atoms with Gasteiger partial charge in [-0.05, 0) is 48.7 Å². The third-order valence-electron chi connectivity index (χ3n) is 4.18. The molecule has 1 atom stereocenters. The number of para-hydroxylation sites is 1. The third kappa shape index (κ3) is 4.27. The standard InChI is InChI=1S/C22H22N2OS/c1-15-8-6-9-16(2)20(15)24-22(25)21(17-10-4-3-5-11-17)26-19-13-7-12-18(23)14-19/h3-14,21H,23H2,1-2H3,(H,24,25). The van der Waals surface area contributed by atoms with Crippen molar-refractivity contribution >= 4 is 29.0 Å². The molecule has 0 saturated heterocycles. The fraction of sp³-hybridized carbons (Fsp3) is 0.136. The van der Waals surface area contributed by atoms with Crippen LogP contribution >= 0.6 is 11.8 Å². The number of thioether (sulfide) groups is 1. The summed E-state index contributed by atoms with van der Waals surface area (Å²) in [5.74, 6) is -0.0407. The van der Waals surface area contributed by atoms with E-state index in [1.165, 1.54) is 11.8 Å². The quantitative estimate of drug-likeness (QED) is 0.475. The number of hydrogen-bond donors (Lipinski definition) is 2. The summed E-state index contributed by atoms with van der Waals surface area (Å²) in [7, 11) is 0. The number of carbonyl (C=O) groups excluding carboxylic acids is 1. The van der Waals surface area contributed by atoms with Crippen molar-refractivity contribution in [3.63, 3.8) is 0 Å². The molecule has 3 N–H and O–H groups in total. The summed E-state index contributed by atoms with van der Waals surface area (Å²) in [4.78, 5) is 14.1. The van der Waals surface area contributed by atoms with Gasteiger partial charge < -0.3 is 11.1 Å². The zero-order valence-corrected chi connectivity index (χ0v) is 15.7. The van der Waals surface area contributed by atoms with Crippen LogP contribution < -0.4 is 11.1 Å². The number of rotatable bonds is 5. The number of benzene rings is 3. The number of nitrogens with two attached hydrogens (primary N) is 1. The fourth-order valence-electron chi connectivity index (χ4n) is 2.83. The van der Waals surface area contributed by atoms with E-state index in [1.807, 2.05) is 86.6 Å². The summed E-state index contributed by atoms with van der Waals surface area (Å²) in [6.45, 7) is 4.01. The first kappa shape index (κ1) is 18.1. The molecule has 3 nitrogen and oxygen atoms in total. The second-order valence-corrected chi connectivity index (χ2v) is 7.42. The van der Waals surface area contributed by atoms with Crippen molar-refractivity contribution in [2.45, 2.75) is 24.0 Å². The molecular formula is C22H22N2OS. The van der Waals surface area contributed by atoms with E-state index in [-0.39, 0.29) is 11.2 Å². The molecule has 3 rings (SSSR count). The SMILES string of the molecule is Cc1cccc(C)c1NC(=O)C(Sc1cccc(N)c1)c1ccccc1. The summed E-state index contributed by atoms with van der Waals surface area (Å²) in [5, 5.41) is 2.76. The Labute approximate surface area is 158 Å². The van der Waals surface area contributed by atoms with Gasteiger partial charge >= 0.3 is 0 Å². The number of carbonyl (C=O) groups is 1. The van der Waals surface area contributed by atoms with Gasteiger partial charge in [0.25, 0.3) is 0 Å². The van der Waals surface area contributed by atoms with Gasteiger partial charge in [-0.15, -0.1) is 11.8 Å². The molecule has 0 aliphatic carbocycles. The number of nitrogens with one attached hydrogen (secondary N) is 1. The van der Waals surface area contributed by atoms with Crippen LogP contribution in [-0.2, 0) is 4.79 Å². The molecular weight excluding hydrogens is 340 g/mol. The van der Waals surface area contributed by atoms with Gasteiger partial charge in [-0.2, -0.15) is 0 Å². The van der Waals surface area contributed by atoms with Gasteiger partial charge in [0.2, 0.25) is 5.91 Å². The Morgan fingerprint density at radius 1 is 0.923 bits per heavy atom. The minimum atomic E-state index is -0.364. The lowest BCUT2D eigenvalue weighted by Crippen LogP contribution is -2.20. The highest BCUT2D eigenvalue weighted by Crippen LogP contribution is 2.37. The number of hydrogen-bond acceptors (Lipinski definition) is 3. The van der Waals surface area contributed by atoms with E-state index in [0.717, 1.165) is 27.3 Å². The lowest BCUT2D eigenvalue weighted by molar-refractivity contribution is -0.115. The monoisotopic (exact) mass is 362 g/mol. The van der Waals surface area contributed by atoms with E-state index in [2.05, 4.69) is 5.32 Å². The van der Waals surface area contributed by atoms with Crippen LogP contribution in [0.3, 0.4) is 0 Å². The van der Waals surface area contributed by atoms with Crippen LogP contribution in [0.1, 0.15) is 21.9 Å². The minimum Gasteiger partial charge on any atom is -0.399 e. The predicted molar refractivity (Wildman–Crippen MR) is 110 cm³/mol. The second-order valence-electron chi connectivity index (χ2n) is 6.24. The molecule has 0 aliphatic rings. The molecule has 26 heavy (non-hydrogen) atoms. The van der Waals surface area contributed by atoms with Crippen molar-refractivity contribution in [3.05, 3.63) is 89.5 Å². The van der Waals surface area contributed by atoms with Gasteiger partial charge in [0, 0.05) is 16.3 Å². The van der Waals surface area contributed by atoms with Gasteiger partial charge in [-0.25, -0.2) is 0 Å². The molecule has 3 aromatic rings. The van der Waals surface area contributed by atoms with Crippen molar-refractivity contribution in [1.29, 1.82) is 0 Å². The summed E-state index contributed by atoms with van der Waals surface area (Å²) < 4.78 is 0. The van der Waals surface area contributed by atoms with Crippen molar-refractivity contribution in [3.8, 4) is 0 Å². The molecule has 0 fully saturated rings. The highest BCUT2D eigenvalue weighted by atomic mass is 32.2. The van der Waals surface area contributed by atoms with Crippen LogP contribution in [0, 0.1) is 13.8 Å². The normalized spacial score (nSPS) is 11.8. The minimum absolute atomic E-state index is 0.0407. The van der Waals surface area contributed by atoms with Gasteiger partial charge in [0.15, 0.2) is 0 Å². The van der Waals surface area contributed by atoms with Crippen molar-refractivity contribution in [1.82, 2.24) is 0 Å². The third-order valence-corrected chi connectivity index (χ3v) is 5.43. The number of nitrogen functional groups attached to an aromatic ring is 1. The molecule has 1 amide bonds. The lowest BCUT2D eigenvalue weighted by Gasteiger charge is -2.19. The highest BCUT2D eigenvalue weighted by Gasteiger charge is 2.23. The smallest absolute Gasteiger partial charge is 0.242 e. The van der Waals surface area contributed by atoms with E-state index < -0.39 is 0 Å². The number of amides is 1. The summed E-state index contributed by atoms with van der Waals surface area (Å²) in [5.41, 5.74) is 10.5. The summed E-state index contributed by atoms with van der Waals surface area (Å²) in [6, 6.07) is 23.4. The Morgan fingerprint density at radius 3 is 2.23 bits per heavy atom. The highest BCUT2D eigenvalue weighted by molar-refractivity contribution is 8.00. The Balaban J connectivity index is 1.91. The van der Waals surface area contributed by atoms with Gasteiger partial charge in [-0.3, -0.25) is 4.79 Å². The maximum atomic E-state index is 13.1. The fourth-order valence-corrected chi connectivity index (χ4v) is 3.92. The Kier molecular flexibility index (Phi) is 5.64. The van der Waals surface area contributed by atoms with E-state index in [4.69, 9.17) is 5.73 Å². The summed E-state index contributed by atoms with van der Waals surface area (Å²) in [6.07, 6.45) is 0. The van der Waals surface area contributed by atoms with Crippen molar-refractivity contribution in [2.75, 3.05) is 11.1 Å². The first-order valence-corrected chi connectivity index (χ1v) is 9.37. The number of anilines is 2. The molecule has 0 heterocycles. The molecule has 4 heteroatoms. The van der Waals surface area contributed by atoms with E-state index >= 15 is 0 Å². The maximum absolute atomic E-state index is 13.1. The first-order valence-electron chi connectivity index (χ1n) is 8.49. The average Bonchev–Trinajstić information content (AvgIpc) is 2.63. The van der Waals surface area contributed by atoms with E-state index in [0.29, 0.717) is 5.69 Å². The van der Waals surface area contributed by atoms with E-state index in [1.54, 1.807) is 0 Å². The molecule has 0 aromatic heterocycles. The Morgan fingerprint density at radius 2 is 1.58 bits per heavy atom. The van der Waals surface area contributed by atoms with Crippen LogP contribution in [0.4, 0.5) is 11.4 Å². The molecule has 0 saturated carbocycles. The van der Waals surface area contributed by atoms with Crippen LogP contribution in [0.2, 0.25) is 0 Å². The molecule has 0 bridgehead atoms. The first-order chi connectivity index (χ1) is 12.5. The molecule has 3 aromatic carbocycles. The largest absolute Gasteiger partial charge is 0.399 e. The second kappa shape index (κ2) is 8.11. The maximum Gasteiger partial charge on any atom is 0.242 e. The predicted octanol–water partition coefficient (Wildman–Crippen LogP) is 5.36. The Hall–Kier alpha value is -2.72. The molecule has 0 spiro atoms. The molecule has 0 aliphatic heterocycles. The zero-order chi connectivity index (χ0) is 18.5. The molecule has 0 radical (unpaired) electrons. The zero-order valence-electron chi connectivity index (χ0n) is 14.9. The number of aryl methyl sites for hydroxylation is 2. The topological polar surface area (TPSA) is 55.1 Å². The van der Waals surface area contributed by atoms with Crippen LogP contribution in [-0.4, -0.2) is 5.91 Å². The Bertz CT molecular complexity index is 889. The van der Waals surface area contributed by atoms with Gasteiger partial charge in [-0.1, -0.05) is 54.6 Å². The average molecular weight is 362 g/mol.